The predicted octanol–water partition coefficient (Wildman–Crippen LogP) is 3.50. The van der Waals surface area contributed by atoms with Gasteiger partial charge < -0.3 is 4.74 Å². The van der Waals surface area contributed by atoms with Crippen LogP contribution in [0.4, 0.5) is 0 Å². The number of rotatable bonds is 2. The number of aryl methyl sites for hydroxylation is 1. The van der Waals surface area contributed by atoms with Crippen LogP contribution in [0.25, 0.3) is 10.2 Å². The third-order valence-corrected chi connectivity index (χ3v) is 5.26. The molecule has 1 aromatic carbocycles. The van der Waals surface area contributed by atoms with E-state index in [9.17, 15) is 0 Å². The van der Waals surface area contributed by atoms with Crippen LogP contribution in [0.5, 0.6) is 5.75 Å². The fourth-order valence-corrected chi connectivity index (χ4v) is 4.10. The van der Waals surface area contributed by atoms with Crippen LogP contribution < -0.4 is 4.74 Å². The van der Waals surface area contributed by atoms with Crippen molar-refractivity contribution in [2.75, 3.05) is 12.9 Å². The summed E-state index contributed by atoms with van der Waals surface area (Å²) in [4.78, 5) is 9.28. The number of aliphatic imine (C=N–C) groups is 1. The molecule has 1 aliphatic rings. The fraction of sp³-hybridized carbons (Fsp3) is 0.385. The van der Waals surface area contributed by atoms with Crippen LogP contribution in [-0.4, -0.2) is 28.9 Å². The van der Waals surface area contributed by atoms with Crippen LogP contribution in [0.15, 0.2) is 17.1 Å². The molecule has 3 nitrogen and oxygen atoms in total. The highest BCUT2D eigenvalue weighted by Gasteiger charge is 2.19. The lowest BCUT2D eigenvalue weighted by Gasteiger charge is -2.02. The van der Waals surface area contributed by atoms with Gasteiger partial charge in [0.2, 0.25) is 0 Å². The number of benzene rings is 1. The van der Waals surface area contributed by atoms with Crippen molar-refractivity contribution in [3.05, 3.63) is 22.7 Å². The SMILES string of the molecule is COc1cc2nc(C3=N[C@H](C)CS3)sc2cc1C. The maximum absolute atomic E-state index is 5.33. The van der Waals surface area contributed by atoms with Crippen molar-refractivity contribution < 1.29 is 4.74 Å². The topological polar surface area (TPSA) is 34.5 Å². The van der Waals surface area contributed by atoms with Crippen molar-refractivity contribution in [3.8, 4) is 5.75 Å². The van der Waals surface area contributed by atoms with Gasteiger partial charge in [0.05, 0.1) is 23.4 Å². The van der Waals surface area contributed by atoms with E-state index in [4.69, 9.17) is 4.74 Å². The van der Waals surface area contributed by atoms with Crippen molar-refractivity contribution in [2.24, 2.45) is 4.99 Å². The fourth-order valence-electron chi connectivity index (χ4n) is 1.96. The molecule has 0 aliphatic carbocycles. The Morgan fingerprint density at radius 1 is 1.39 bits per heavy atom. The van der Waals surface area contributed by atoms with Gasteiger partial charge in [0, 0.05) is 11.8 Å². The summed E-state index contributed by atoms with van der Waals surface area (Å²) in [6, 6.07) is 4.56. The molecule has 94 valence electrons. The summed E-state index contributed by atoms with van der Waals surface area (Å²) < 4.78 is 6.53. The molecule has 1 atom stereocenters. The lowest BCUT2D eigenvalue weighted by atomic mass is 10.2. The Labute approximate surface area is 114 Å². The van der Waals surface area contributed by atoms with Crippen LogP contribution in [0, 0.1) is 6.92 Å². The number of ether oxygens (including phenoxy) is 1. The molecule has 0 fully saturated rings. The Morgan fingerprint density at radius 2 is 2.22 bits per heavy atom. The van der Waals surface area contributed by atoms with E-state index in [1.165, 1.54) is 4.70 Å². The van der Waals surface area contributed by atoms with Crippen LogP contribution in [0.2, 0.25) is 0 Å². The molecule has 0 bridgehead atoms. The highest BCUT2D eigenvalue weighted by molar-refractivity contribution is 8.15. The van der Waals surface area contributed by atoms with E-state index in [-0.39, 0.29) is 0 Å². The molecule has 1 aromatic heterocycles. The number of hydrogen-bond acceptors (Lipinski definition) is 5. The normalized spacial score (nSPS) is 19.3. The van der Waals surface area contributed by atoms with Crippen LogP contribution in [0.3, 0.4) is 0 Å². The van der Waals surface area contributed by atoms with Crippen LogP contribution >= 0.6 is 23.1 Å². The van der Waals surface area contributed by atoms with Gasteiger partial charge >= 0.3 is 0 Å². The van der Waals surface area contributed by atoms with Gasteiger partial charge in [-0.15, -0.1) is 23.1 Å². The maximum Gasteiger partial charge on any atom is 0.149 e. The Balaban J connectivity index is 2.08. The highest BCUT2D eigenvalue weighted by atomic mass is 32.2. The third kappa shape index (κ3) is 2.01. The van der Waals surface area contributed by atoms with Gasteiger partial charge in [-0.25, -0.2) is 4.98 Å². The van der Waals surface area contributed by atoms with E-state index < -0.39 is 0 Å². The van der Waals surface area contributed by atoms with E-state index in [0.29, 0.717) is 6.04 Å². The molecule has 0 unspecified atom stereocenters. The first-order valence-electron chi connectivity index (χ1n) is 5.83. The smallest absolute Gasteiger partial charge is 0.149 e. The van der Waals surface area contributed by atoms with E-state index in [0.717, 1.165) is 32.6 Å². The van der Waals surface area contributed by atoms with Crippen molar-refractivity contribution in [1.82, 2.24) is 4.98 Å². The number of thioether (sulfide) groups is 1. The minimum atomic E-state index is 0.410. The van der Waals surface area contributed by atoms with Crippen LogP contribution in [0.1, 0.15) is 17.5 Å². The van der Waals surface area contributed by atoms with Crippen molar-refractivity contribution in [3.63, 3.8) is 0 Å². The van der Waals surface area contributed by atoms with E-state index in [1.54, 1.807) is 30.2 Å². The summed E-state index contributed by atoms with van der Waals surface area (Å²) in [5, 5.41) is 2.12. The molecular formula is C13H14N2OS2. The number of nitrogens with zero attached hydrogens (tertiary/aromatic N) is 2. The molecule has 0 amide bonds. The summed E-state index contributed by atoms with van der Waals surface area (Å²) in [7, 11) is 1.69. The highest BCUT2D eigenvalue weighted by Crippen LogP contribution is 2.32. The Morgan fingerprint density at radius 3 is 2.89 bits per heavy atom. The zero-order valence-electron chi connectivity index (χ0n) is 10.6. The van der Waals surface area contributed by atoms with Gasteiger partial charge in [-0.3, -0.25) is 4.99 Å². The van der Waals surface area contributed by atoms with Crippen LogP contribution in [-0.2, 0) is 0 Å². The summed E-state index contributed by atoms with van der Waals surface area (Å²) in [6.45, 7) is 4.20. The van der Waals surface area contributed by atoms with Crippen molar-refractivity contribution >= 4 is 38.4 Å². The molecule has 2 aromatic rings. The van der Waals surface area contributed by atoms with Crippen molar-refractivity contribution in [2.45, 2.75) is 19.9 Å². The molecular weight excluding hydrogens is 264 g/mol. The van der Waals surface area contributed by atoms with E-state index >= 15 is 0 Å². The summed E-state index contributed by atoms with van der Waals surface area (Å²) in [6.07, 6.45) is 0. The zero-order valence-corrected chi connectivity index (χ0v) is 12.2. The summed E-state index contributed by atoms with van der Waals surface area (Å²) in [5.74, 6) is 1.96. The van der Waals surface area contributed by atoms with Crippen molar-refractivity contribution in [1.29, 1.82) is 0 Å². The molecule has 0 spiro atoms. The number of methoxy groups -OCH3 is 1. The second kappa shape index (κ2) is 4.55. The first-order chi connectivity index (χ1) is 8.67. The standard InChI is InChI=1S/C13H14N2OS2/c1-7-4-11-9(5-10(7)16-3)15-13(18-11)12-14-8(2)6-17-12/h4-5,8H,6H2,1-3H3/t8-/m1/s1. The first-order valence-corrected chi connectivity index (χ1v) is 7.63. The number of hydrogen-bond donors (Lipinski definition) is 0. The minimum Gasteiger partial charge on any atom is -0.496 e. The average Bonchev–Trinajstić information content (AvgIpc) is 2.93. The third-order valence-electron chi connectivity index (χ3n) is 2.89. The molecule has 0 radical (unpaired) electrons. The first kappa shape index (κ1) is 12.0. The number of thiazole rings is 1. The molecule has 18 heavy (non-hydrogen) atoms. The lowest BCUT2D eigenvalue weighted by molar-refractivity contribution is 0.412. The quantitative estimate of drug-likeness (QED) is 0.843. The predicted molar refractivity (Wildman–Crippen MR) is 79.4 cm³/mol. The lowest BCUT2D eigenvalue weighted by Crippen LogP contribution is -1.93. The maximum atomic E-state index is 5.33. The van der Waals surface area contributed by atoms with Gasteiger partial charge in [0.25, 0.3) is 0 Å². The molecule has 0 saturated carbocycles. The Hall–Kier alpha value is -1.07. The van der Waals surface area contributed by atoms with Gasteiger partial charge in [-0.1, -0.05) is 0 Å². The largest absolute Gasteiger partial charge is 0.496 e. The Kier molecular flexibility index (Phi) is 3.03. The van der Waals surface area contributed by atoms with Gasteiger partial charge in [0.1, 0.15) is 15.8 Å². The Bertz CT molecular complexity index is 633. The average molecular weight is 278 g/mol. The van der Waals surface area contributed by atoms with Gasteiger partial charge in [-0.2, -0.15) is 0 Å². The van der Waals surface area contributed by atoms with E-state index in [1.807, 2.05) is 6.07 Å². The molecule has 3 rings (SSSR count). The second-order valence-corrected chi connectivity index (χ2v) is 6.44. The second-order valence-electron chi connectivity index (χ2n) is 4.40. The summed E-state index contributed by atoms with van der Waals surface area (Å²) >= 11 is 3.51. The zero-order chi connectivity index (χ0) is 12.7. The molecule has 2 heterocycles. The van der Waals surface area contributed by atoms with Gasteiger partial charge in [0.15, 0.2) is 0 Å². The number of aromatic nitrogens is 1. The molecule has 5 heteroatoms. The minimum absolute atomic E-state index is 0.410. The summed E-state index contributed by atoms with van der Waals surface area (Å²) in [5.41, 5.74) is 2.15. The molecule has 0 saturated heterocycles. The molecule has 0 N–H and O–H groups in total. The molecule has 1 aliphatic heterocycles. The van der Waals surface area contributed by atoms with E-state index in [2.05, 4.69) is 29.9 Å². The monoisotopic (exact) mass is 278 g/mol. The van der Waals surface area contributed by atoms with Gasteiger partial charge in [-0.05, 0) is 25.5 Å². The number of fused-ring (bicyclic) bond motifs is 1.